The Kier molecular flexibility index (Phi) is 6.72. The molecule has 36 heavy (non-hydrogen) atoms. The maximum Gasteiger partial charge on any atom is 0.410 e. The first-order valence-electron chi connectivity index (χ1n) is 11.4. The van der Waals surface area contributed by atoms with Gasteiger partial charge in [0.15, 0.2) is 16.4 Å². The van der Waals surface area contributed by atoms with Gasteiger partial charge in [0.05, 0.1) is 12.2 Å². The lowest BCUT2D eigenvalue weighted by molar-refractivity contribution is 0.0222. The number of carbonyl (C=O) groups is 3. The summed E-state index contributed by atoms with van der Waals surface area (Å²) in [5, 5.41) is 14.8. The molecular weight excluding hydrogens is 484 g/mol. The van der Waals surface area contributed by atoms with Crippen LogP contribution in [0.1, 0.15) is 54.5 Å². The molecule has 0 spiro atoms. The van der Waals surface area contributed by atoms with Crippen LogP contribution >= 0.6 is 11.8 Å². The van der Waals surface area contributed by atoms with Crippen molar-refractivity contribution in [1.29, 1.82) is 0 Å². The van der Waals surface area contributed by atoms with Gasteiger partial charge in [0.25, 0.3) is 11.1 Å². The highest BCUT2D eigenvalue weighted by Crippen LogP contribution is 2.32. The van der Waals surface area contributed by atoms with Gasteiger partial charge in [-0.1, -0.05) is 11.8 Å². The number of nitrogens with zero attached hydrogens (tertiary/aromatic N) is 5. The van der Waals surface area contributed by atoms with Crippen molar-refractivity contribution in [3.63, 3.8) is 0 Å². The third kappa shape index (κ3) is 5.47. The fourth-order valence-corrected chi connectivity index (χ4v) is 4.67. The van der Waals surface area contributed by atoms with Crippen molar-refractivity contribution >= 4 is 29.0 Å². The van der Waals surface area contributed by atoms with E-state index in [-0.39, 0.29) is 17.5 Å². The first kappa shape index (κ1) is 25.5. The highest BCUT2D eigenvalue weighted by Gasteiger charge is 2.36. The number of hydrogen-bond donors (Lipinski definition) is 2. The Morgan fingerprint density at radius 3 is 2.72 bits per heavy atom. The van der Waals surface area contributed by atoms with E-state index in [1.165, 1.54) is 14.5 Å². The molecule has 1 atom stereocenters. The topological polar surface area (TPSA) is 144 Å². The molecule has 3 amide bonds. The molecular formula is C24H28N6O5S. The van der Waals surface area contributed by atoms with Crippen molar-refractivity contribution in [3.05, 3.63) is 40.8 Å². The molecule has 2 aliphatic heterocycles. The average molecular weight is 513 g/mol. The average Bonchev–Trinajstić information content (AvgIpc) is 3.19. The lowest BCUT2D eigenvalue weighted by Gasteiger charge is -2.31. The summed E-state index contributed by atoms with van der Waals surface area (Å²) in [6, 6.07) is 3.35. The molecule has 2 aromatic heterocycles. The van der Waals surface area contributed by atoms with Gasteiger partial charge in [-0.05, 0) is 44.7 Å². The van der Waals surface area contributed by atoms with E-state index in [1.807, 2.05) is 0 Å². The molecule has 1 saturated heterocycles. The number of fused-ring (bicyclic) bond motifs is 1. The lowest BCUT2D eigenvalue weighted by atomic mass is 10.0. The Morgan fingerprint density at radius 1 is 1.31 bits per heavy atom. The summed E-state index contributed by atoms with van der Waals surface area (Å²) in [4.78, 5) is 42.7. The second kappa shape index (κ2) is 9.48. The molecule has 0 unspecified atom stereocenters. The van der Waals surface area contributed by atoms with E-state index in [9.17, 15) is 19.5 Å². The lowest BCUT2D eigenvalue weighted by Crippen LogP contribution is -2.40. The predicted octanol–water partition coefficient (Wildman–Crippen LogP) is 1.89. The number of nitrogens with two attached hydrogens (primary N) is 1. The van der Waals surface area contributed by atoms with Crippen molar-refractivity contribution in [3.8, 4) is 17.7 Å². The van der Waals surface area contributed by atoms with Crippen LogP contribution in [0.5, 0.6) is 0 Å². The van der Waals surface area contributed by atoms with Crippen LogP contribution in [0.4, 0.5) is 9.59 Å². The molecule has 12 heteroatoms. The third-order valence-electron chi connectivity index (χ3n) is 5.66. The molecule has 1 fully saturated rings. The van der Waals surface area contributed by atoms with Crippen molar-refractivity contribution in [1.82, 2.24) is 24.6 Å². The Labute approximate surface area is 213 Å². The van der Waals surface area contributed by atoms with Gasteiger partial charge in [-0.3, -0.25) is 9.59 Å². The third-order valence-corrected chi connectivity index (χ3v) is 6.79. The van der Waals surface area contributed by atoms with E-state index in [0.29, 0.717) is 42.9 Å². The van der Waals surface area contributed by atoms with Gasteiger partial charge < -0.3 is 25.4 Å². The van der Waals surface area contributed by atoms with Crippen LogP contribution in [0, 0.1) is 11.8 Å². The van der Waals surface area contributed by atoms with Crippen molar-refractivity contribution in [2.24, 2.45) is 5.73 Å². The van der Waals surface area contributed by atoms with Crippen LogP contribution in [0.25, 0.3) is 5.82 Å². The molecule has 11 nitrogen and oxygen atoms in total. The molecule has 0 aliphatic carbocycles. The predicted molar refractivity (Wildman–Crippen MR) is 132 cm³/mol. The summed E-state index contributed by atoms with van der Waals surface area (Å²) in [5.41, 5.74) is 6.83. The van der Waals surface area contributed by atoms with Gasteiger partial charge in [-0.25, -0.2) is 14.5 Å². The number of carbonyl (C=O) groups excluding carboxylic acids is 3. The Hall–Kier alpha value is -3.56. The second-order valence-corrected chi connectivity index (χ2v) is 10.9. The van der Waals surface area contributed by atoms with E-state index in [2.05, 4.69) is 21.9 Å². The fraction of sp³-hybridized carbons (Fsp3) is 0.458. The smallest absolute Gasteiger partial charge is 0.410 e. The minimum absolute atomic E-state index is 0.0621. The van der Waals surface area contributed by atoms with Crippen LogP contribution in [-0.2, 0) is 17.7 Å². The van der Waals surface area contributed by atoms with E-state index in [0.717, 1.165) is 17.5 Å². The minimum atomic E-state index is -1.47. The number of ether oxygens (including phenoxy) is 1. The molecule has 0 radical (unpaired) electrons. The van der Waals surface area contributed by atoms with Gasteiger partial charge in [0.2, 0.25) is 0 Å². The van der Waals surface area contributed by atoms with Crippen molar-refractivity contribution in [2.75, 3.05) is 20.1 Å². The van der Waals surface area contributed by atoms with Gasteiger partial charge in [0.1, 0.15) is 5.60 Å². The summed E-state index contributed by atoms with van der Waals surface area (Å²) < 4.78 is 7.00. The number of primary amides is 1. The zero-order chi connectivity index (χ0) is 26.3. The standard InChI is InChI=1S/C24H28N6O5S/c1-23(2,3)35-21(32)29-11-7-17-16(14-29)19(20(25)31)27-30(17)18-13-15(6-10-26-18)5-8-24(34)9-12-28(4)22(33)36-24/h6,10,13,34H,7,9,11-12,14H2,1-4H3,(H2,25,31)/t24-/m1/s1. The van der Waals surface area contributed by atoms with E-state index in [1.54, 1.807) is 46.1 Å². The number of aliphatic hydroxyl groups is 1. The second-order valence-electron chi connectivity index (χ2n) is 9.68. The normalized spacial score (nSPS) is 19.9. The van der Waals surface area contributed by atoms with Crippen molar-refractivity contribution < 1.29 is 24.2 Å². The molecule has 190 valence electrons. The van der Waals surface area contributed by atoms with E-state index < -0.39 is 22.5 Å². The Bertz CT molecular complexity index is 1290. The summed E-state index contributed by atoms with van der Waals surface area (Å²) in [6.07, 6.45) is 1.81. The van der Waals surface area contributed by atoms with Crippen molar-refractivity contribution in [2.45, 2.75) is 50.7 Å². The summed E-state index contributed by atoms with van der Waals surface area (Å²) in [7, 11) is 1.68. The molecule has 0 bridgehead atoms. The molecule has 3 N–H and O–H groups in total. The summed E-state index contributed by atoms with van der Waals surface area (Å²) in [5.74, 6) is 5.42. The SMILES string of the molecule is CN1CC[C@@](O)(C#Cc2ccnc(-n3nc(C(N)=O)c4c3CCN(C(=O)OC(C)(C)C)C4)c2)SC1=O. The number of thioether (sulfide) groups is 1. The van der Waals surface area contributed by atoms with Crippen LogP contribution < -0.4 is 5.73 Å². The molecule has 4 rings (SSSR count). The summed E-state index contributed by atoms with van der Waals surface area (Å²) >= 11 is 0.789. The fourth-order valence-electron chi connectivity index (χ4n) is 3.84. The monoisotopic (exact) mass is 512 g/mol. The first-order chi connectivity index (χ1) is 16.8. The van der Waals surface area contributed by atoms with Gasteiger partial charge in [-0.2, -0.15) is 5.10 Å². The highest BCUT2D eigenvalue weighted by atomic mass is 32.2. The first-order valence-corrected chi connectivity index (χ1v) is 12.2. The Morgan fingerprint density at radius 2 is 2.06 bits per heavy atom. The molecule has 0 aromatic carbocycles. The zero-order valence-corrected chi connectivity index (χ0v) is 21.4. The zero-order valence-electron chi connectivity index (χ0n) is 20.6. The molecule has 0 saturated carbocycles. The maximum atomic E-state index is 12.6. The Balaban J connectivity index is 1.62. The highest BCUT2D eigenvalue weighted by molar-refractivity contribution is 8.14. The largest absolute Gasteiger partial charge is 0.444 e. The van der Waals surface area contributed by atoms with Gasteiger partial charge in [-0.15, -0.1) is 0 Å². The molecule has 2 aromatic rings. The number of aromatic nitrogens is 3. The maximum absolute atomic E-state index is 12.6. The van der Waals surface area contributed by atoms with E-state index in [4.69, 9.17) is 10.5 Å². The van der Waals surface area contributed by atoms with Crippen LogP contribution in [0.2, 0.25) is 0 Å². The van der Waals surface area contributed by atoms with Crippen LogP contribution in [-0.4, -0.2) is 77.6 Å². The number of amides is 3. The van der Waals surface area contributed by atoms with Gasteiger partial charge >= 0.3 is 6.09 Å². The quantitative estimate of drug-likeness (QED) is 0.581. The summed E-state index contributed by atoms with van der Waals surface area (Å²) in [6.45, 7) is 6.28. The number of hydrogen-bond acceptors (Lipinski definition) is 8. The van der Waals surface area contributed by atoms with Crippen LogP contribution in [0.3, 0.4) is 0 Å². The van der Waals surface area contributed by atoms with Crippen LogP contribution in [0.15, 0.2) is 18.3 Å². The molecule has 4 heterocycles. The number of pyridine rings is 1. The van der Waals surface area contributed by atoms with Gasteiger partial charge in [0, 0.05) is 50.3 Å². The minimum Gasteiger partial charge on any atom is -0.444 e. The van der Waals surface area contributed by atoms with E-state index >= 15 is 0 Å². The molecule has 2 aliphatic rings. The number of rotatable bonds is 2.